The van der Waals surface area contributed by atoms with Gasteiger partial charge in [-0.05, 0) is 52.9 Å². The lowest BCUT2D eigenvalue weighted by atomic mass is 10.0. The van der Waals surface area contributed by atoms with Gasteiger partial charge in [0.2, 0.25) is 33.7 Å². The lowest BCUT2D eigenvalue weighted by Crippen LogP contribution is -2.55. The van der Waals surface area contributed by atoms with E-state index in [0.717, 1.165) is 5.56 Å². The van der Waals surface area contributed by atoms with Gasteiger partial charge in [-0.1, -0.05) is 78.9 Å². The molecule has 6 heterocycles. The van der Waals surface area contributed by atoms with Gasteiger partial charge >= 0.3 is 12.1 Å². The Bertz CT molecular complexity index is 2380. The molecule has 17 nitrogen and oxygen atoms in total. The molecule has 0 radical (unpaired) electrons. The van der Waals surface area contributed by atoms with Crippen molar-refractivity contribution in [2.24, 2.45) is 5.73 Å². The van der Waals surface area contributed by atoms with Crippen LogP contribution in [0.25, 0.3) is 0 Å². The van der Waals surface area contributed by atoms with Gasteiger partial charge in [-0.15, -0.1) is 0 Å². The molecule has 4 amide bonds. The van der Waals surface area contributed by atoms with Crippen LogP contribution in [0.15, 0.2) is 103 Å². The van der Waals surface area contributed by atoms with Crippen LogP contribution in [-0.2, 0) is 59.1 Å². The number of nitrogens with two attached hydrogens (primary N) is 1. The molecule has 1 saturated heterocycles. The Morgan fingerprint density at radius 1 is 0.750 bits per heavy atom. The molecule has 340 valence electrons. The summed E-state index contributed by atoms with van der Waals surface area (Å²) in [7, 11) is -4.05. The van der Waals surface area contributed by atoms with Gasteiger partial charge in [-0.2, -0.15) is 13.2 Å². The van der Waals surface area contributed by atoms with Gasteiger partial charge in [-0.3, -0.25) is 34.4 Å². The van der Waals surface area contributed by atoms with Crippen LogP contribution in [-0.4, -0.2) is 116 Å². The zero-order chi connectivity index (χ0) is 46.4. The second-order valence-corrected chi connectivity index (χ2v) is 16.8. The van der Waals surface area contributed by atoms with Crippen LogP contribution >= 0.6 is 0 Å². The van der Waals surface area contributed by atoms with E-state index in [9.17, 15) is 40.8 Å². The topological polar surface area (TPSA) is 256 Å². The van der Waals surface area contributed by atoms with Gasteiger partial charge in [0, 0.05) is 56.1 Å². The van der Waals surface area contributed by atoms with Gasteiger partial charge in [-0.25, -0.2) is 17.9 Å². The number of carboxylic acids is 1. The summed E-state index contributed by atoms with van der Waals surface area (Å²) in [6.45, 7) is 2.99. The lowest BCUT2D eigenvalue weighted by molar-refractivity contribution is -0.192. The zero-order valence-corrected chi connectivity index (χ0v) is 35.2. The average molecular weight is 908 g/mol. The number of alkyl halides is 3. The molecular formula is C43H48F3N9O8S. The SMILES string of the molecule is N=C(N)c1ccc(CNC(=O)[C@@H]2Cc3ccc(cc3)NC(=O)CN3CCN(CC3)CC(=O)Nc3ccc(cc3)C[C@@H](NS(=O)(=O)Cc3ccccc3)C(=O)N2)cc1.O=C(O)C(F)(F)F. The molecule has 4 aromatic rings. The molecule has 10 rings (SSSR count). The number of nitrogens with one attached hydrogen (secondary N) is 6. The van der Waals surface area contributed by atoms with E-state index in [1.807, 2.05) is 9.80 Å². The first-order valence-corrected chi connectivity index (χ1v) is 21.5. The fourth-order valence-electron chi connectivity index (χ4n) is 6.67. The summed E-state index contributed by atoms with van der Waals surface area (Å²) in [6, 6.07) is 26.7. The van der Waals surface area contributed by atoms with Crippen LogP contribution in [0.5, 0.6) is 0 Å². The molecule has 6 aliphatic heterocycles. The molecule has 0 aliphatic carbocycles. The summed E-state index contributed by atoms with van der Waals surface area (Å²) in [5.41, 5.74) is 9.79. The normalized spacial score (nSPS) is 19.8. The highest BCUT2D eigenvalue weighted by molar-refractivity contribution is 7.88. The summed E-state index contributed by atoms with van der Waals surface area (Å²) in [5, 5.41) is 26.3. The van der Waals surface area contributed by atoms with Crippen LogP contribution < -0.4 is 31.7 Å². The van der Waals surface area contributed by atoms with Gasteiger partial charge in [0.1, 0.15) is 17.9 Å². The molecule has 64 heavy (non-hydrogen) atoms. The number of hydrogen-bond donors (Lipinski definition) is 8. The molecule has 0 saturated carbocycles. The van der Waals surface area contributed by atoms with Crippen LogP contribution in [0.2, 0.25) is 0 Å². The van der Waals surface area contributed by atoms with Gasteiger partial charge in [0.25, 0.3) is 0 Å². The number of sulfonamides is 1. The molecule has 2 atom stereocenters. The second kappa shape index (κ2) is 22.1. The fraction of sp³-hybridized carbons (Fsp3) is 0.302. The third kappa shape index (κ3) is 15.6. The maximum absolute atomic E-state index is 14.2. The van der Waals surface area contributed by atoms with Gasteiger partial charge < -0.3 is 32.1 Å². The van der Waals surface area contributed by atoms with Crippen molar-refractivity contribution in [1.82, 2.24) is 25.2 Å². The number of nitrogens with zero attached hydrogens (tertiary/aromatic N) is 2. The molecule has 0 unspecified atom stereocenters. The van der Waals surface area contributed by atoms with Crippen LogP contribution in [0.3, 0.4) is 0 Å². The molecule has 0 spiro atoms. The molecule has 6 aliphatic rings. The Morgan fingerprint density at radius 2 is 1.23 bits per heavy atom. The highest BCUT2D eigenvalue weighted by atomic mass is 32.2. The molecule has 9 N–H and O–H groups in total. The number of fused-ring (bicyclic) bond motifs is 1. The standard InChI is InChI=1S/C41H47N9O6S.C2HF3O2/c42-39(43)32-12-6-30(7-13-32)24-44-40(53)35-22-28-8-14-33(15-9-28)45-37(51)25-49-18-20-50(21-19-49)26-38(52)46-34-16-10-29(11-17-34)23-36(41(54)47-35)48-57(55,56)27-31-4-2-1-3-5-31;3-2(4,5)1(6)7/h1-17,35-36,48H,18-27H2,(H3,42,43)(H,44,53)(H,45,51)(H,46,52)(H,47,54);(H,6,7)/t35-,36+;/m0./s1. The minimum absolute atomic E-state index is 0.0520. The Labute approximate surface area is 367 Å². The predicted octanol–water partition coefficient (Wildman–Crippen LogP) is 2.19. The number of hydrogen-bond acceptors (Lipinski definition) is 10. The largest absolute Gasteiger partial charge is 0.490 e. The predicted molar refractivity (Wildman–Crippen MR) is 231 cm³/mol. The summed E-state index contributed by atoms with van der Waals surface area (Å²) in [5.74, 6) is -4.82. The molecule has 1 fully saturated rings. The number of aliphatic carboxylic acids is 1. The maximum Gasteiger partial charge on any atom is 0.490 e. The van der Waals surface area contributed by atoms with E-state index < -0.39 is 46.1 Å². The molecule has 0 aromatic heterocycles. The van der Waals surface area contributed by atoms with Crippen molar-refractivity contribution < 1.29 is 50.7 Å². The molecule has 21 heteroatoms. The van der Waals surface area contributed by atoms with Gasteiger partial charge in [0.15, 0.2) is 0 Å². The van der Waals surface area contributed by atoms with E-state index in [0.29, 0.717) is 59.8 Å². The lowest BCUT2D eigenvalue weighted by Gasteiger charge is -2.33. The van der Waals surface area contributed by atoms with E-state index in [1.54, 1.807) is 103 Å². The van der Waals surface area contributed by atoms with Crippen LogP contribution in [0, 0.1) is 5.41 Å². The number of benzene rings is 4. The minimum Gasteiger partial charge on any atom is -0.475 e. The van der Waals surface area contributed by atoms with Crippen molar-refractivity contribution >= 4 is 56.8 Å². The third-order valence-electron chi connectivity index (χ3n) is 10.00. The van der Waals surface area contributed by atoms with Gasteiger partial charge in [0.05, 0.1) is 18.8 Å². The minimum atomic E-state index is -5.08. The summed E-state index contributed by atoms with van der Waals surface area (Å²) < 4.78 is 61.3. The number of rotatable bonds is 8. The Hall–Kier alpha value is -6.68. The first-order valence-electron chi connectivity index (χ1n) is 19.9. The van der Waals surface area contributed by atoms with Crippen molar-refractivity contribution in [3.05, 3.63) is 131 Å². The first kappa shape index (κ1) is 48.4. The van der Waals surface area contributed by atoms with Crippen molar-refractivity contribution in [2.75, 3.05) is 49.9 Å². The van der Waals surface area contributed by atoms with E-state index in [4.69, 9.17) is 21.0 Å². The molecular weight excluding hydrogens is 860 g/mol. The monoisotopic (exact) mass is 907 g/mol. The summed E-state index contributed by atoms with van der Waals surface area (Å²) in [4.78, 5) is 66.9. The zero-order valence-electron chi connectivity index (χ0n) is 34.4. The Morgan fingerprint density at radius 3 is 1.70 bits per heavy atom. The number of amides is 4. The second-order valence-electron chi connectivity index (χ2n) is 15.1. The summed E-state index contributed by atoms with van der Waals surface area (Å²) in [6.07, 6.45) is -5.08. The van der Waals surface area contributed by atoms with Crippen LogP contribution in [0.1, 0.15) is 27.8 Å². The van der Waals surface area contributed by atoms with Crippen molar-refractivity contribution in [1.29, 1.82) is 5.41 Å². The number of anilines is 2. The summed E-state index contributed by atoms with van der Waals surface area (Å²) >= 11 is 0. The number of amidine groups is 1. The first-order chi connectivity index (χ1) is 30.3. The van der Waals surface area contributed by atoms with Crippen molar-refractivity contribution in [2.45, 2.75) is 43.4 Å². The quantitative estimate of drug-likeness (QED) is 0.0940. The average Bonchev–Trinajstić information content (AvgIpc) is 3.24. The van der Waals surface area contributed by atoms with E-state index >= 15 is 0 Å². The van der Waals surface area contributed by atoms with E-state index in [-0.39, 0.29) is 55.9 Å². The number of carbonyl (C=O) groups is 5. The van der Waals surface area contributed by atoms with Crippen molar-refractivity contribution in [3.8, 4) is 0 Å². The number of carboxylic acid groups (broad SMARTS) is 1. The van der Waals surface area contributed by atoms with Crippen molar-refractivity contribution in [3.63, 3.8) is 0 Å². The van der Waals surface area contributed by atoms with E-state index in [2.05, 4.69) is 26.0 Å². The Kier molecular flexibility index (Phi) is 16.7. The highest BCUT2D eigenvalue weighted by Gasteiger charge is 2.38. The number of halogens is 3. The molecule has 4 aromatic carbocycles. The maximum atomic E-state index is 14.2. The number of nitrogen functional groups attached to an aromatic ring is 1. The highest BCUT2D eigenvalue weighted by Crippen LogP contribution is 2.17. The molecule has 6 bridgehead atoms. The van der Waals surface area contributed by atoms with E-state index in [1.165, 1.54) is 0 Å². The Balaban J connectivity index is 0.00000102. The fourth-order valence-corrected chi connectivity index (χ4v) is 8.01. The number of carbonyl (C=O) groups excluding carboxylic acids is 4. The van der Waals surface area contributed by atoms with Crippen LogP contribution in [0.4, 0.5) is 24.5 Å². The smallest absolute Gasteiger partial charge is 0.475 e. The third-order valence-corrected chi connectivity index (χ3v) is 11.4. The number of piperazine rings is 1.